The van der Waals surface area contributed by atoms with Gasteiger partial charge in [-0.2, -0.15) is 0 Å². The fourth-order valence-corrected chi connectivity index (χ4v) is 19.2. The Morgan fingerprint density at radius 3 is 0.992 bits per heavy atom. The molecule has 10 aromatic carbocycles. The summed E-state index contributed by atoms with van der Waals surface area (Å²) in [5.74, 6) is -1.32. The molecule has 10 nitrogen and oxygen atoms in total. The van der Waals surface area contributed by atoms with Crippen molar-refractivity contribution in [3.8, 4) is 112 Å². The third-order valence-corrected chi connectivity index (χ3v) is 24.4. The van der Waals surface area contributed by atoms with E-state index in [-0.39, 0.29) is 33.3 Å². The van der Waals surface area contributed by atoms with Gasteiger partial charge in [0, 0.05) is 85.9 Å². The quantitative estimate of drug-likeness (QED) is 0.160. The highest BCUT2D eigenvalue weighted by molar-refractivity contribution is 5.95. The molecule has 5 aliphatic carbocycles. The van der Waals surface area contributed by atoms with Gasteiger partial charge in [0.2, 0.25) is 17.1 Å². The summed E-state index contributed by atoms with van der Waals surface area (Å²) >= 11 is 0. The van der Waals surface area contributed by atoms with E-state index in [4.69, 9.17) is 32.9 Å². The van der Waals surface area contributed by atoms with Gasteiger partial charge in [-0.25, -0.2) is 37.4 Å². The molecule has 20 rings (SSSR count). The first kappa shape index (κ1) is 79.0. The second-order valence-electron chi connectivity index (χ2n) is 33.3. The highest BCUT2D eigenvalue weighted by Crippen LogP contribution is 2.60. The average molecular weight is 1560 g/mol. The van der Waals surface area contributed by atoms with Crippen LogP contribution in [0.4, 0.5) is 41.6 Å². The Bertz CT molecular complexity index is 6720. The molecule has 120 heavy (non-hydrogen) atoms. The summed E-state index contributed by atoms with van der Waals surface area (Å²) in [5.41, 5.74) is 33.7. The van der Waals surface area contributed by atoms with Crippen molar-refractivity contribution < 1.29 is 13.2 Å². The number of aryl methyl sites for hydroxylation is 2. The molecule has 0 amide bonds. The van der Waals surface area contributed by atoms with Crippen LogP contribution in [0.1, 0.15) is 136 Å². The molecule has 15 aromatic rings. The van der Waals surface area contributed by atoms with Crippen LogP contribution in [0, 0.1) is 64.2 Å². The van der Waals surface area contributed by atoms with E-state index >= 15 is 0 Å². The molecular weight excluding hydrogens is 1480 g/mol. The fraction of sp³-hybridized carbons (Fsp3) is 0.159. The third-order valence-electron chi connectivity index (χ3n) is 24.4. The number of aromatic nitrogens is 5. The van der Waals surface area contributed by atoms with E-state index in [1.165, 1.54) is 56.6 Å². The molecule has 5 heterocycles. The Hall–Kier alpha value is -14.8. The first-order valence-electron chi connectivity index (χ1n) is 39.7. The molecule has 0 unspecified atom stereocenters. The zero-order valence-electron chi connectivity index (χ0n) is 68.6. The molecule has 0 radical (unpaired) electrons. The lowest BCUT2D eigenvalue weighted by Gasteiger charge is -2.25. The molecule has 13 heteroatoms. The van der Waals surface area contributed by atoms with Crippen LogP contribution in [0.5, 0.6) is 0 Å². The van der Waals surface area contributed by atoms with Crippen LogP contribution in [0.3, 0.4) is 0 Å². The lowest BCUT2D eigenvalue weighted by atomic mass is 9.79. The molecule has 5 aliphatic rings. The molecule has 0 spiro atoms. The fourth-order valence-electron chi connectivity index (χ4n) is 19.2. The van der Waals surface area contributed by atoms with Crippen LogP contribution in [0.25, 0.3) is 136 Å². The molecular formula is C107H81F3N10. The highest BCUT2D eigenvalue weighted by Gasteiger charge is 2.45. The molecule has 0 bridgehead atoms. The molecule has 0 N–H and O–H groups in total. The van der Waals surface area contributed by atoms with Gasteiger partial charge in [-0.15, -0.1) is 0 Å². The van der Waals surface area contributed by atoms with Crippen LogP contribution >= 0.6 is 0 Å². The molecule has 0 saturated heterocycles. The Labute approximate surface area is 699 Å². The van der Waals surface area contributed by atoms with Gasteiger partial charge in [0.05, 0.1) is 61.3 Å². The largest absolute Gasteiger partial charge is 0.256 e. The van der Waals surface area contributed by atoms with Crippen molar-refractivity contribution in [2.24, 2.45) is 0 Å². The topological polar surface area (TPSA) is 86.2 Å². The zero-order chi connectivity index (χ0) is 84.5. The SMILES string of the molecule is [C-]#[N+]c1c(F)ccc2c1C(C)(C)c1c(-c3ccccn3)cccc1-2.[C-]#[N+]c1cc2c(cc1C)-c1cccc(-c3ccccn3)c1C2(C)C.[C-]#[N+]c1cc2c(cc1F)-c1cccc(-c3ccccn3)c1C2(C)C.[C-]#[N+]c1ccc2c(c1F)C(C)(C)c1c(-c3ccccn3)cccc1-2.[C-]#[N+]c1cccc2c1C(C)(C)c1c(-c3ccc(C)cn3)cccc1-2. The number of nitrogens with zero attached hydrogens (tertiary/aromatic N) is 10. The summed E-state index contributed by atoms with van der Waals surface area (Å²) in [7, 11) is 0. The maximum absolute atomic E-state index is 14.9. The number of hydrogen-bond donors (Lipinski definition) is 0. The molecule has 0 atom stereocenters. The molecule has 0 saturated carbocycles. The number of fused-ring (bicyclic) bond motifs is 15. The Balaban J connectivity index is 0.000000112. The van der Waals surface area contributed by atoms with Crippen molar-refractivity contribution in [2.75, 3.05) is 0 Å². The Morgan fingerprint density at radius 2 is 0.592 bits per heavy atom. The summed E-state index contributed by atoms with van der Waals surface area (Å²) in [6.07, 6.45) is 9.07. The van der Waals surface area contributed by atoms with Crippen LogP contribution in [-0.4, -0.2) is 24.9 Å². The van der Waals surface area contributed by atoms with Crippen LogP contribution in [0.15, 0.2) is 274 Å². The minimum absolute atomic E-state index is 0.0778. The second kappa shape index (κ2) is 30.7. The van der Waals surface area contributed by atoms with E-state index in [9.17, 15) is 13.2 Å². The van der Waals surface area contributed by atoms with Gasteiger partial charge >= 0.3 is 0 Å². The van der Waals surface area contributed by atoms with E-state index in [1.807, 2.05) is 174 Å². The van der Waals surface area contributed by atoms with Crippen molar-refractivity contribution in [1.82, 2.24) is 24.9 Å². The van der Waals surface area contributed by atoms with Gasteiger partial charge in [0.15, 0.2) is 11.4 Å². The summed E-state index contributed by atoms with van der Waals surface area (Å²) in [5, 5.41) is 0. The van der Waals surface area contributed by atoms with Crippen molar-refractivity contribution >= 4 is 28.4 Å². The van der Waals surface area contributed by atoms with E-state index in [1.54, 1.807) is 36.8 Å². The average Bonchev–Trinajstić information content (AvgIpc) is 1.59. The van der Waals surface area contributed by atoms with Gasteiger partial charge in [-0.05, 0) is 209 Å². The standard InChI is InChI=1S/2C22H18N2.3C21H15FN2/c1-14-11-12-18(24-13-14)17-9-5-7-15-16-8-6-10-19(23-4)21(16)22(2,3)20(15)17;1-14-12-17-15-8-7-9-16(19-10-5-6-11-24-19)21(15)22(2,3)18(17)13-20(14)23-4;1-21(2)18-13(14-10-11-16(22)20(23-3)19(14)21)7-6-8-15(18)17-9-4-5-12-24-17;1-21(2)18-13(14-10-11-17(23-3)20(22)19(14)21)7-6-8-15(18)16-9-4-5-12-24-16;1-21(2)16-12-19(23-3)17(22)11-15(16)13-7-6-8-14(20(13)21)18-9-4-5-10-24-18/h2*5-13H,1-3H3;3*4-12H,1-2H3. The van der Waals surface area contributed by atoms with Crippen LogP contribution < -0.4 is 0 Å². The monoisotopic (exact) mass is 1560 g/mol. The molecule has 580 valence electrons. The summed E-state index contributed by atoms with van der Waals surface area (Å²) in [4.78, 5) is 40.2. The normalized spacial score (nSPS) is 13.9. The predicted molar refractivity (Wildman–Crippen MR) is 477 cm³/mol. The van der Waals surface area contributed by atoms with Gasteiger partial charge < -0.3 is 0 Å². The van der Waals surface area contributed by atoms with Gasteiger partial charge in [0.25, 0.3) is 0 Å². The Kier molecular flexibility index (Phi) is 20.2. The van der Waals surface area contributed by atoms with E-state index in [0.717, 1.165) is 140 Å². The number of pyridine rings is 5. The van der Waals surface area contributed by atoms with Crippen LogP contribution in [-0.2, 0) is 27.1 Å². The molecule has 0 aliphatic heterocycles. The first-order valence-corrected chi connectivity index (χ1v) is 39.7. The van der Waals surface area contributed by atoms with Crippen molar-refractivity contribution in [3.63, 3.8) is 0 Å². The summed E-state index contributed by atoms with van der Waals surface area (Å²) in [6.45, 7) is 62.1. The number of hydrogen-bond acceptors (Lipinski definition) is 5. The van der Waals surface area contributed by atoms with E-state index in [0.29, 0.717) is 5.56 Å². The smallest absolute Gasteiger partial charge is 0.226 e. The van der Waals surface area contributed by atoms with Crippen LogP contribution in [0.2, 0.25) is 0 Å². The predicted octanol–water partition coefficient (Wildman–Crippen LogP) is 29.1. The number of benzene rings is 10. The van der Waals surface area contributed by atoms with Crippen molar-refractivity contribution in [1.29, 1.82) is 0 Å². The number of rotatable bonds is 5. The molecule has 0 fully saturated rings. The zero-order valence-corrected chi connectivity index (χ0v) is 68.6. The first-order chi connectivity index (χ1) is 57.7. The van der Waals surface area contributed by atoms with Gasteiger partial charge in [0.1, 0.15) is 17.5 Å². The van der Waals surface area contributed by atoms with Gasteiger partial charge in [-0.1, -0.05) is 239 Å². The Morgan fingerprint density at radius 1 is 0.250 bits per heavy atom. The summed E-state index contributed by atoms with van der Waals surface area (Å²) in [6, 6.07) is 78.8. The molecule has 5 aromatic heterocycles. The number of halogens is 3. The second-order valence-corrected chi connectivity index (χ2v) is 33.3. The minimum Gasteiger partial charge on any atom is -0.256 e. The maximum Gasteiger partial charge on any atom is 0.226 e. The lowest BCUT2D eigenvalue weighted by molar-refractivity contribution is 0.564. The van der Waals surface area contributed by atoms with Crippen molar-refractivity contribution in [2.45, 2.75) is 110 Å². The minimum atomic E-state index is -0.524. The summed E-state index contributed by atoms with van der Waals surface area (Å²) < 4.78 is 43.3. The van der Waals surface area contributed by atoms with E-state index in [2.05, 4.69) is 183 Å². The third kappa shape index (κ3) is 13.1. The van der Waals surface area contributed by atoms with Gasteiger partial charge in [-0.3, -0.25) is 24.9 Å². The van der Waals surface area contributed by atoms with E-state index < -0.39 is 28.3 Å². The highest BCUT2D eigenvalue weighted by atomic mass is 19.1. The maximum atomic E-state index is 14.9. The lowest BCUT2D eigenvalue weighted by Crippen LogP contribution is -2.18. The van der Waals surface area contributed by atoms with Crippen molar-refractivity contribution in [3.05, 3.63) is 415 Å².